The fourth-order valence-electron chi connectivity index (χ4n) is 3.69. The molecule has 1 amide bonds. The second-order valence-corrected chi connectivity index (χ2v) is 7.57. The molecule has 0 spiro atoms. The number of ether oxygens (including phenoxy) is 1. The molecule has 3 aromatic rings. The number of benzene rings is 1. The molecule has 3 heterocycles. The number of hydrogen-bond donors (Lipinski definition) is 1. The molecule has 1 saturated heterocycles. The molecule has 7 nitrogen and oxygen atoms in total. The summed E-state index contributed by atoms with van der Waals surface area (Å²) in [6.07, 6.45) is 7.84. The van der Waals surface area contributed by atoms with Gasteiger partial charge in [0.25, 0.3) is 0 Å². The Hall–Kier alpha value is -3.03. The zero-order valence-electron chi connectivity index (χ0n) is 17.0. The van der Waals surface area contributed by atoms with Crippen LogP contribution in [0, 0.1) is 0 Å². The van der Waals surface area contributed by atoms with E-state index in [4.69, 9.17) is 4.74 Å². The molecule has 1 N–H and O–H groups in total. The SMILES string of the molecule is O=C1CN(Cc2ncc[nH]2)CC(OCc2ccncc2)CN1CCc1ccccc1. The molecule has 1 aliphatic heterocycles. The molecule has 156 valence electrons. The van der Waals surface area contributed by atoms with Crippen molar-refractivity contribution in [3.8, 4) is 0 Å². The van der Waals surface area contributed by atoms with E-state index in [0.717, 1.165) is 17.8 Å². The number of nitrogens with zero attached hydrogens (tertiary/aromatic N) is 4. The molecule has 0 aliphatic carbocycles. The van der Waals surface area contributed by atoms with Crippen molar-refractivity contribution in [3.05, 3.63) is 84.2 Å². The number of pyridine rings is 1. The van der Waals surface area contributed by atoms with Crippen molar-refractivity contribution >= 4 is 5.91 Å². The van der Waals surface area contributed by atoms with Gasteiger partial charge in [0.15, 0.2) is 0 Å². The summed E-state index contributed by atoms with van der Waals surface area (Å²) in [7, 11) is 0. The van der Waals surface area contributed by atoms with E-state index in [1.807, 2.05) is 35.2 Å². The van der Waals surface area contributed by atoms with E-state index >= 15 is 0 Å². The number of imidazole rings is 1. The van der Waals surface area contributed by atoms with E-state index in [2.05, 4.69) is 32.0 Å². The van der Waals surface area contributed by atoms with Crippen LogP contribution in [0.25, 0.3) is 0 Å². The number of rotatable bonds is 8. The molecule has 0 radical (unpaired) electrons. The van der Waals surface area contributed by atoms with E-state index < -0.39 is 0 Å². The third-order valence-corrected chi connectivity index (χ3v) is 5.27. The van der Waals surface area contributed by atoms with Crippen molar-refractivity contribution in [2.45, 2.75) is 25.7 Å². The molecule has 4 rings (SSSR count). The molecule has 30 heavy (non-hydrogen) atoms. The minimum absolute atomic E-state index is 0.0737. The molecule has 2 aromatic heterocycles. The number of amides is 1. The van der Waals surface area contributed by atoms with Crippen molar-refractivity contribution in [2.75, 3.05) is 26.2 Å². The lowest BCUT2D eigenvalue weighted by Crippen LogP contribution is -2.39. The van der Waals surface area contributed by atoms with Crippen molar-refractivity contribution < 1.29 is 9.53 Å². The molecule has 1 unspecified atom stereocenters. The van der Waals surface area contributed by atoms with Crippen LogP contribution in [0.3, 0.4) is 0 Å². The van der Waals surface area contributed by atoms with Gasteiger partial charge in [-0.25, -0.2) is 4.98 Å². The standard InChI is InChI=1S/C23H27N5O2/c29-23-17-27(16-22-25-11-12-26-22)14-21(30-18-20-6-9-24-10-7-20)15-28(23)13-8-19-4-2-1-3-5-19/h1-7,9-12,21H,8,13-18H2,(H,25,26). The average molecular weight is 406 g/mol. The third-order valence-electron chi connectivity index (χ3n) is 5.27. The molecule has 1 aromatic carbocycles. The number of nitrogens with one attached hydrogen (secondary N) is 1. The van der Waals surface area contributed by atoms with Gasteiger partial charge in [0, 0.05) is 44.4 Å². The predicted molar refractivity (Wildman–Crippen MR) is 113 cm³/mol. The van der Waals surface area contributed by atoms with Crippen LogP contribution in [0.4, 0.5) is 0 Å². The number of aromatic nitrogens is 3. The van der Waals surface area contributed by atoms with Gasteiger partial charge in [-0.2, -0.15) is 0 Å². The van der Waals surface area contributed by atoms with Crippen LogP contribution in [0.15, 0.2) is 67.3 Å². The van der Waals surface area contributed by atoms with Crippen LogP contribution in [0.2, 0.25) is 0 Å². The van der Waals surface area contributed by atoms with E-state index in [0.29, 0.717) is 39.3 Å². The van der Waals surface area contributed by atoms with Gasteiger partial charge < -0.3 is 14.6 Å². The van der Waals surface area contributed by atoms with E-state index in [9.17, 15) is 4.79 Å². The summed E-state index contributed by atoms with van der Waals surface area (Å²) in [6, 6.07) is 14.2. The molecule has 1 fully saturated rings. The minimum Gasteiger partial charge on any atom is -0.370 e. The first-order valence-corrected chi connectivity index (χ1v) is 10.3. The van der Waals surface area contributed by atoms with Gasteiger partial charge in [-0.05, 0) is 29.7 Å². The molecular weight excluding hydrogens is 378 g/mol. The number of aromatic amines is 1. The highest BCUT2D eigenvalue weighted by Gasteiger charge is 2.28. The highest BCUT2D eigenvalue weighted by atomic mass is 16.5. The molecular formula is C23H27N5O2. The van der Waals surface area contributed by atoms with Crippen molar-refractivity contribution in [3.63, 3.8) is 0 Å². The Morgan fingerprint density at radius 3 is 2.63 bits per heavy atom. The fraction of sp³-hybridized carbons (Fsp3) is 0.348. The van der Waals surface area contributed by atoms with Crippen LogP contribution in [-0.4, -0.2) is 62.9 Å². The van der Waals surface area contributed by atoms with Gasteiger partial charge in [-0.15, -0.1) is 0 Å². The summed E-state index contributed by atoms with van der Waals surface area (Å²) >= 11 is 0. The summed E-state index contributed by atoms with van der Waals surface area (Å²) in [6.45, 7) is 3.42. The van der Waals surface area contributed by atoms with Gasteiger partial charge in [0.05, 0.1) is 25.8 Å². The Kier molecular flexibility index (Phi) is 6.84. The quantitative estimate of drug-likeness (QED) is 0.622. The normalized spacial score (nSPS) is 17.8. The summed E-state index contributed by atoms with van der Waals surface area (Å²) < 4.78 is 6.24. The van der Waals surface area contributed by atoms with Gasteiger partial charge in [-0.1, -0.05) is 30.3 Å². The molecule has 7 heteroatoms. The Labute approximate surface area is 176 Å². The number of carbonyl (C=O) groups is 1. The maximum absolute atomic E-state index is 13.0. The Morgan fingerprint density at radius 1 is 1.03 bits per heavy atom. The first-order valence-electron chi connectivity index (χ1n) is 10.3. The maximum Gasteiger partial charge on any atom is 0.236 e. The topological polar surface area (TPSA) is 74.3 Å². The lowest BCUT2D eigenvalue weighted by atomic mass is 10.1. The van der Waals surface area contributed by atoms with Crippen LogP contribution in [-0.2, 0) is 29.1 Å². The second kappa shape index (κ2) is 10.1. The largest absolute Gasteiger partial charge is 0.370 e. The lowest BCUT2D eigenvalue weighted by molar-refractivity contribution is -0.131. The summed E-state index contributed by atoms with van der Waals surface area (Å²) in [5, 5.41) is 0. The Bertz CT molecular complexity index is 902. The molecule has 1 aliphatic rings. The summed E-state index contributed by atoms with van der Waals surface area (Å²) in [5.41, 5.74) is 2.31. The lowest BCUT2D eigenvalue weighted by Gasteiger charge is -2.25. The monoisotopic (exact) mass is 405 g/mol. The zero-order valence-corrected chi connectivity index (χ0v) is 17.0. The predicted octanol–water partition coefficient (Wildman–Crippen LogP) is 2.28. The smallest absolute Gasteiger partial charge is 0.236 e. The molecule has 1 atom stereocenters. The molecule has 0 bridgehead atoms. The maximum atomic E-state index is 13.0. The van der Waals surface area contributed by atoms with Gasteiger partial charge in [-0.3, -0.25) is 14.7 Å². The average Bonchev–Trinajstić information content (AvgIpc) is 3.23. The van der Waals surface area contributed by atoms with Gasteiger partial charge in [0.2, 0.25) is 5.91 Å². The minimum atomic E-state index is -0.0737. The van der Waals surface area contributed by atoms with Crippen LogP contribution in [0.5, 0.6) is 0 Å². The first kappa shape index (κ1) is 20.3. The van der Waals surface area contributed by atoms with E-state index in [1.54, 1.807) is 24.8 Å². The summed E-state index contributed by atoms with van der Waals surface area (Å²) in [4.78, 5) is 28.5. The number of carbonyl (C=O) groups excluding carboxylic acids is 1. The van der Waals surface area contributed by atoms with Crippen molar-refractivity contribution in [1.29, 1.82) is 0 Å². The van der Waals surface area contributed by atoms with E-state index in [1.165, 1.54) is 5.56 Å². The van der Waals surface area contributed by atoms with Crippen LogP contribution >= 0.6 is 0 Å². The fourth-order valence-corrected chi connectivity index (χ4v) is 3.69. The van der Waals surface area contributed by atoms with Crippen LogP contribution in [0.1, 0.15) is 17.0 Å². The van der Waals surface area contributed by atoms with Crippen molar-refractivity contribution in [1.82, 2.24) is 24.8 Å². The van der Waals surface area contributed by atoms with E-state index in [-0.39, 0.29) is 12.0 Å². The summed E-state index contributed by atoms with van der Waals surface area (Å²) in [5.74, 6) is 0.987. The van der Waals surface area contributed by atoms with Crippen LogP contribution < -0.4 is 0 Å². The number of H-pyrrole nitrogens is 1. The van der Waals surface area contributed by atoms with Crippen molar-refractivity contribution in [2.24, 2.45) is 0 Å². The zero-order chi connectivity index (χ0) is 20.6. The Balaban J connectivity index is 1.43. The first-order chi connectivity index (χ1) is 14.8. The van der Waals surface area contributed by atoms with Gasteiger partial charge >= 0.3 is 0 Å². The highest BCUT2D eigenvalue weighted by molar-refractivity contribution is 5.78. The third kappa shape index (κ3) is 5.75. The highest BCUT2D eigenvalue weighted by Crippen LogP contribution is 2.14. The molecule has 0 saturated carbocycles. The van der Waals surface area contributed by atoms with Gasteiger partial charge in [0.1, 0.15) is 5.82 Å². The number of hydrogen-bond acceptors (Lipinski definition) is 5. The second-order valence-electron chi connectivity index (χ2n) is 7.57. The Morgan fingerprint density at radius 2 is 1.87 bits per heavy atom.